The summed E-state index contributed by atoms with van der Waals surface area (Å²) in [6.45, 7) is 7.07. The summed E-state index contributed by atoms with van der Waals surface area (Å²) in [5, 5.41) is 3.45. The second-order valence-electron chi connectivity index (χ2n) is 3.94. The van der Waals surface area contributed by atoms with E-state index in [2.05, 4.69) is 31.0 Å². The lowest BCUT2D eigenvalue weighted by molar-refractivity contribution is 0.561. The van der Waals surface area contributed by atoms with Gasteiger partial charge >= 0.3 is 0 Å². The Morgan fingerprint density at radius 3 is 3.07 bits per heavy atom. The first-order valence-corrected chi connectivity index (χ1v) is 4.95. The number of nitrogens with one attached hydrogen (secondary N) is 1. The average Bonchev–Trinajstić information content (AvgIpc) is 2.16. The fourth-order valence-electron chi connectivity index (χ4n) is 2.02. The molecule has 0 aromatic heterocycles. The van der Waals surface area contributed by atoms with Crippen LogP contribution >= 0.6 is 0 Å². The third-order valence-electron chi connectivity index (χ3n) is 2.71. The second-order valence-corrected chi connectivity index (χ2v) is 3.94. The number of fused-ring (bicyclic) bond motifs is 1. The van der Waals surface area contributed by atoms with E-state index in [1.807, 2.05) is 6.07 Å². The van der Waals surface area contributed by atoms with Crippen molar-refractivity contribution in [2.45, 2.75) is 19.4 Å². The van der Waals surface area contributed by atoms with Crippen LogP contribution in [0.4, 0.5) is 5.69 Å². The highest BCUT2D eigenvalue weighted by Crippen LogP contribution is 2.28. The van der Waals surface area contributed by atoms with Gasteiger partial charge in [0, 0.05) is 12.2 Å². The Morgan fingerprint density at radius 2 is 2.36 bits per heavy atom. The molecule has 0 saturated carbocycles. The Morgan fingerprint density at radius 1 is 1.57 bits per heavy atom. The summed E-state index contributed by atoms with van der Waals surface area (Å²) in [6.07, 6.45) is 1.06. The number of nitrogen functional groups attached to an aromatic ring is 1. The molecule has 0 fully saturated rings. The van der Waals surface area contributed by atoms with Crippen molar-refractivity contribution in [2.75, 3.05) is 12.3 Å². The van der Waals surface area contributed by atoms with Gasteiger partial charge in [-0.1, -0.05) is 18.2 Å². The van der Waals surface area contributed by atoms with E-state index in [0.29, 0.717) is 6.04 Å². The largest absolute Gasteiger partial charge is 0.399 e. The second kappa shape index (κ2) is 3.46. The average molecular weight is 188 g/mol. The maximum absolute atomic E-state index is 5.76. The summed E-state index contributed by atoms with van der Waals surface area (Å²) in [7, 11) is 0. The summed E-state index contributed by atoms with van der Waals surface area (Å²) in [6, 6.07) is 6.45. The molecule has 2 heteroatoms. The zero-order valence-corrected chi connectivity index (χ0v) is 8.51. The zero-order valence-electron chi connectivity index (χ0n) is 8.51. The van der Waals surface area contributed by atoms with Gasteiger partial charge in [0.25, 0.3) is 0 Å². The van der Waals surface area contributed by atoms with Crippen LogP contribution in [0, 0.1) is 0 Å². The molecule has 0 bridgehead atoms. The van der Waals surface area contributed by atoms with Crippen LogP contribution in [-0.2, 0) is 6.42 Å². The van der Waals surface area contributed by atoms with Crippen LogP contribution in [-0.4, -0.2) is 6.54 Å². The minimum Gasteiger partial charge on any atom is -0.399 e. The van der Waals surface area contributed by atoms with E-state index in [4.69, 9.17) is 5.73 Å². The summed E-state index contributed by atoms with van der Waals surface area (Å²) >= 11 is 0. The molecule has 74 valence electrons. The van der Waals surface area contributed by atoms with Gasteiger partial charge in [0.05, 0.1) is 6.04 Å². The van der Waals surface area contributed by atoms with Gasteiger partial charge in [-0.3, -0.25) is 0 Å². The molecule has 0 aliphatic carbocycles. The molecule has 0 amide bonds. The normalized spacial score (nSPS) is 20.2. The quantitative estimate of drug-likeness (QED) is 0.523. The number of hydrogen-bond donors (Lipinski definition) is 2. The maximum Gasteiger partial charge on any atom is 0.0533 e. The first-order chi connectivity index (χ1) is 6.68. The third-order valence-corrected chi connectivity index (χ3v) is 2.71. The van der Waals surface area contributed by atoms with Crippen molar-refractivity contribution in [2.24, 2.45) is 0 Å². The first kappa shape index (κ1) is 9.28. The lowest BCUT2D eigenvalue weighted by Crippen LogP contribution is -2.30. The summed E-state index contributed by atoms with van der Waals surface area (Å²) in [5.41, 5.74) is 10.5. The highest BCUT2D eigenvalue weighted by atomic mass is 14.9. The molecule has 0 saturated heterocycles. The Kier molecular flexibility index (Phi) is 2.30. The smallest absolute Gasteiger partial charge is 0.0533 e. The highest BCUT2D eigenvalue weighted by Gasteiger charge is 2.19. The Balaban J connectivity index is 2.44. The molecule has 1 aromatic carbocycles. The number of nitrogens with two attached hydrogens (primary N) is 1. The number of anilines is 1. The molecule has 3 N–H and O–H groups in total. The standard InChI is InChI=1S/C12H16N2/c1-8(2)12-11-4-3-10(13)7-9(11)5-6-14-12/h3-4,7,12,14H,1,5-6,13H2,2H3. The number of rotatable bonds is 1. The molecule has 1 unspecified atom stereocenters. The van der Waals surface area contributed by atoms with Gasteiger partial charge in [-0.25, -0.2) is 0 Å². The minimum absolute atomic E-state index is 0.305. The van der Waals surface area contributed by atoms with Crippen molar-refractivity contribution in [1.82, 2.24) is 5.32 Å². The first-order valence-electron chi connectivity index (χ1n) is 4.95. The predicted octanol–water partition coefficient (Wildman–Crippen LogP) is 2.03. The molecule has 1 atom stereocenters. The van der Waals surface area contributed by atoms with Crippen LogP contribution < -0.4 is 11.1 Å². The van der Waals surface area contributed by atoms with Crippen molar-refractivity contribution in [1.29, 1.82) is 0 Å². The Labute approximate surface area is 84.8 Å². The van der Waals surface area contributed by atoms with Crippen LogP contribution in [0.15, 0.2) is 30.4 Å². The molecule has 14 heavy (non-hydrogen) atoms. The van der Waals surface area contributed by atoms with E-state index >= 15 is 0 Å². The van der Waals surface area contributed by atoms with Crippen molar-refractivity contribution in [3.8, 4) is 0 Å². The minimum atomic E-state index is 0.305. The molecule has 1 heterocycles. The maximum atomic E-state index is 5.76. The van der Waals surface area contributed by atoms with Crippen molar-refractivity contribution >= 4 is 5.69 Å². The van der Waals surface area contributed by atoms with Crippen LogP contribution in [0.1, 0.15) is 24.1 Å². The van der Waals surface area contributed by atoms with Crippen LogP contribution in [0.25, 0.3) is 0 Å². The summed E-state index contributed by atoms with van der Waals surface area (Å²) in [4.78, 5) is 0. The fourth-order valence-corrected chi connectivity index (χ4v) is 2.02. The van der Waals surface area contributed by atoms with Gasteiger partial charge in [-0.15, -0.1) is 0 Å². The zero-order chi connectivity index (χ0) is 10.1. The van der Waals surface area contributed by atoms with E-state index < -0.39 is 0 Å². The lowest BCUT2D eigenvalue weighted by Gasteiger charge is -2.27. The van der Waals surface area contributed by atoms with Crippen LogP contribution in [0.5, 0.6) is 0 Å². The third kappa shape index (κ3) is 1.53. The van der Waals surface area contributed by atoms with Crippen LogP contribution in [0.2, 0.25) is 0 Å². The van der Waals surface area contributed by atoms with Gasteiger partial charge in [0.2, 0.25) is 0 Å². The SMILES string of the molecule is C=C(C)C1NCCc2cc(N)ccc21. The molecule has 2 rings (SSSR count). The molecule has 1 aliphatic rings. The van der Waals surface area contributed by atoms with E-state index in [1.54, 1.807) is 0 Å². The molecule has 1 aliphatic heterocycles. The molecule has 0 radical (unpaired) electrons. The van der Waals surface area contributed by atoms with Crippen molar-refractivity contribution < 1.29 is 0 Å². The summed E-state index contributed by atoms with van der Waals surface area (Å²) < 4.78 is 0. The fraction of sp³-hybridized carbons (Fsp3) is 0.333. The van der Waals surface area contributed by atoms with E-state index in [9.17, 15) is 0 Å². The van der Waals surface area contributed by atoms with Crippen molar-refractivity contribution in [3.63, 3.8) is 0 Å². The van der Waals surface area contributed by atoms with Gasteiger partial charge in [-0.05, 0) is 36.6 Å². The highest BCUT2D eigenvalue weighted by molar-refractivity contribution is 5.48. The van der Waals surface area contributed by atoms with Gasteiger partial charge < -0.3 is 11.1 Å². The van der Waals surface area contributed by atoms with E-state index in [1.165, 1.54) is 11.1 Å². The Hall–Kier alpha value is -1.28. The van der Waals surface area contributed by atoms with Gasteiger partial charge in [0.15, 0.2) is 0 Å². The molecule has 0 spiro atoms. The topological polar surface area (TPSA) is 38.0 Å². The van der Waals surface area contributed by atoms with Crippen molar-refractivity contribution in [3.05, 3.63) is 41.5 Å². The molecular formula is C12H16N2. The number of benzene rings is 1. The number of hydrogen-bond acceptors (Lipinski definition) is 2. The summed E-state index contributed by atoms with van der Waals surface area (Å²) in [5.74, 6) is 0. The Bertz CT molecular complexity index is 369. The monoisotopic (exact) mass is 188 g/mol. The molecular weight excluding hydrogens is 172 g/mol. The van der Waals surface area contributed by atoms with E-state index in [0.717, 1.165) is 24.2 Å². The lowest BCUT2D eigenvalue weighted by atomic mass is 9.90. The molecule has 1 aromatic rings. The molecule has 2 nitrogen and oxygen atoms in total. The van der Waals surface area contributed by atoms with E-state index in [-0.39, 0.29) is 0 Å². The van der Waals surface area contributed by atoms with Gasteiger partial charge in [0.1, 0.15) is 0 Å². The van der Waals surface area contributed by atoms with Gasteiger partial charge in [-0.2, -0.15) is 0 Å². The van der Waals surface area contributed by atoms with Crippen LogP contribution in [0.3, 0.4) is 0 Å². The predicted molar refractivity (Wildman–Crippen MR) is 60.1 cm³/mol.